The molecule has 0 saturated carbocycles. The van der Waals surface area contributed by atoms with Gasteiger partial charge in [0.05, 0.1) is 18.9 Å². The molecule has 3 nitrogen and oxygen atoms in total. The highest BCUT2D eigenvalue weighted by molar-refractivity contribution is 5.69. The minimum atomic E-state index is -0.683. The third kappa shape index (κ3) is 2.75. The summed E-state index contributed by atoms with van der Waals surface area (Å²) in [5.41, 5.74) is 2.17. The van der Waals surface area contributed by atoms with Gasteiger partial charge in [-0.25, -0.2) is 4.39 Å². The quantitative estimate of drug-likeness (QED) is 0.924. The van der Waals surface area contributed by atoms with Crippen LogP contribution in [-0.4, -0.2) is 19.3 Å². The van der Waals surface area contributed by atoms with Gasteiger partial charge in [-0.2, -0.15) is 0 Å². The van der Waals surface area contributed by atoms with E-state index >= 15 is 0 Å². The molecule has 0 heterocycles. The zero-order chi connectivity index (χ0) is 14.7. The summed E-state index contributed by atoms with van der Waals surface area (Å²) >= 11 is 0. The second-order valence-corrected chi connectivity index (χ2v) is 4.61. The van der Waals surface area contributed by atoms with Crippen molar-refractivity contribution >= 4 is 11.4 Å². The maximum atomic E-state index is 13.3. The number of hydrogen-bond acceptors (Lipinski definition) is 3. The molecule has 0 spiro atoms. The maximum absolute atomic E-state index is 13.3. The lowest BCUT2D eigenvalue weighted by Crippen LogP contribution is -2.13. The monoisotopic (exact) mass is 275 g/mol. The van der Waals surface area contributed by atoms with Gasteiger partial charge in [0, 0.05) is 18.3 Å². The van der Waals surface area contributed by atoms with Crippen LogP contribution in [-0.2, 0) is 0 Å². The molecule has 106 valence electrons. The molecule has 2 aromatic rings. The van der Waals surface area contributed by atoms with Crippen molar-refractivity contribution in [2.24, 2.45) is 0 Å². The van der Waals surface area contributed by atoms with Gasteiger partial charge in [0.15, 0.2) is 0 Å². The van der Waals surface area contributed by atoms with Gasteiger partial charge in [-0.1, -0.05) is 12.1 Å². The molecule has 2 rings (SSSR count). The number of nitrogens with zero attached hydrogens (tertiary/aromatic N) is 1. The SMILES string of the molecule is COc1cccc(N(C)c2cccc(F)c2)c1[C@@H](C)O. The summed E-state index contributed by atoms with van der Waals surface area (Å²) in [7, 11) is 3.39. The molecule has 20 heavy (non-hydrogen) atoms. The van der Waals surface area contributed by atoms with E-state index in [0.717, 1.165) is 5.69 Å². The predicted octanol–water partition coefficient (Wildman–Crippen LogP) is 3.66. The van der Waals surface area contributed by atoms with Gasteiger partial charge in [-0.05, 0) is 37.3 Å². The van der Waals surface area contributed by atoms with E-state index in [0.29, 0.717) is 17.0 Å². The summed E-state index contributed by atoms with van der Waals surface area (Å²) in [5.74, 6) is 0.316. The van der Waals surface area contributed by atoms with Crippen molar-refractivity contribution in [2.45, 2.75) is 13.0 Å². The van der Waals surface area contributed by atoms with Crippen LogP contribution in [0.1, 0.15) is 18.6 Å². The average molecular weight is 275 g/mol. The Bertz CT molecular complexity index is 599. The highest BCUT2D eigenvalue weighted by Gasteiger charge is 2.17. The van der Waals surface area contributed by atoms with E-state index in [2.05, 4.69) is 0 Å². The molecule has 0 saturated heterocycles. The molecule has 0 radical (unpaired) electrons. The van der Waals surface area contributed by atoms with Gasteiger partial charge in [0.2, 0.25) is 0 Å². The highest BCUT2D eigenvalue weighted by atomic mass is 19.1. The van der Waals surface area contributed by atoms with Crippen molar-refractivity contribution in [2.75, 3.05) is 19.1 Å². The average Bonchev–Trinajstić information content (AvgIpc) is 2.45. The molecule has 0 bridgehead atoms. The smallest absolute Gasteiger partial charge is 0.126 e. The first-order valence-corrected chi connectivity index (χ1v) is 6.39. The second kappa shape index (κ2) is 5.92. The first kappa shape index (κ1) is 14.3. The van der Waals surface area contributed by atoms with Gasteiger partial charge in [0.1, 0.15) is 11.6 Å². The number of rotatable bonds is 4. The van der Waals surface area contributed by atoms with Crippen molar-refractivity contribution < 1.29 is 14.2 Å². The Balaban J connectivity index is 2.52. The number of anilines is 2. The predicted molar refractivity (Wildman–Crippen MR) is 78.1 cm³/mol. The Morgan fingerprint density at radius 3 is 2.50 bits per heavy atom. The largest absolute Gasteiger partial charge is 0.496 e. The number of hydrogen-bond donors (Lipinski definition) is 1. The van der Waals surface area contributed by atoms with E-state index < -0.39 is 6.10 Å². The summed E-state index contributed by atoms with van der Waals surface area (Å²) in [4.78, 5) is 1.83. The molecule has 0 aliphatic rings. The molecule has 0 aliphatic heterocycles. The first-order chi connectivity index (χ1) is 9.54. The fourth-order valence-corrected chi connectivity index (χ4v) is 2.25. The van der Waals surface area contributed by atoms with Crippen LogP contribution < -0.4 is 9.64 Å². The van der Waals surface area contributed by atoms with Crippen LogP contribution in [0.2, 0.25) is 0 Å². The van der Waals surface area contributed by atoms with E-state index in [1.807, 2.05) is 30.1 Å². The Hall–Kier alpha value is -2.07. The molecule has 0 amide bonds. The van der Waals surface area contributed by atoms with Crippen molar-refractivity contribution in [3.63, 3.8) is 0 Å². The van der Waals surface area contributed by atoms with E-state index in [9.17, 15) is 9.50 Å². The number of methoxy groups -OCH3 is 1. The van der Waals surface area contributed by atoms with Crippen LogP contribution in [0.3, 0.4) is 0 Å². The Morgan fingerprint density at radius 1 is 1.20 bits per heavy atom. The van der Waals surface area contributed by atoms with Gasteiger partial charge < -0.3 is 14.7 Å². The standard InChI is InChI=1S/C16H18FNO2/c1-11(19)16-14(8-5-9-15(16)20-3)18(2)13-7-4-6-12(17)10-13/h4-11,19H,1-3H3/t11-/m1/s1. The van der Waals surface area contributed by atoms with Crippen LogP contribution in [0.4, 0.5) is 15.8 Å². The number of benzene rings is 2. The van der Waals surface area contributed by atoms with Crippen LogP contribution in [0.5, 0.6) is 5.75 Å². The number of halogens is 1. The molecule has 0 unspecified atom stereocenters. The fraction of sp³-hybridized carbons (Fsp3) is 0.250. The van der Waals surface area contributed by atoms with Gasteiger partial charge >= 0.3 is 0 Å². The van der Waals surface area contributed by atoms with E-state index in [4.69, 9.17) is 4.74 Å². The van der Waals surface area contributed by atoms with Gasteiger partial charge in [-0.3, -0.25) is 0 Å². The number of aliphatic hydroxyl groups is 1. The number of ether oxygens (including phenoxy) is 1. The molecular formula is C16H18FNO2. The van der Waals surface area contributed by atoms with Crippen LogP contribution in [0, 0.1) is 5.82 Å². The van der Waals surface area contributed by atoms with Crippen LogP contribution in [0.25, 0.3) is 0 Å². The molecule has 1 atom stereocenters. The molecule has 1 N–H and O–H groups in total. The minimum absolute atomic E-state index is 0.296. The lowest BCUT2D eigenvalue weighted by molar-refractivity contribution is 0.195. The molecule has 0 aliphatic carbocycles. The molecule has 0 fully saturated rings. The zero-order valence-corrected chi connectivity index (χ0v) is 11.8. The second-order valence-electron chi connectivity index (χ2n) is 4.61. The molecular weight excluding hydrogens is 257 g/mol. The van der Waals surface area contributed by atoms with Crippen molar-refractivity contribution in [1.29, 1.82) is 0 Å². The Morgan fingerprint density at radius 2 is 1.90 bits per heavy atom. The number of aliphatic hydroxyl groups excluding tert-OH is 1. The summed E-state index contributed by atoms with van der Waals surface area (Å²) in [6.07, 6.45) is -0.683. The zero-order valence-electron chi connectivity index (χ0n) is 11.8. The Labute approximate surface area is 118 Å². The highest BCUT2D eigenvalue weighted by Crippen LogP contribution is 2.37. The molecule has 4 heteroatoms. The molecule has 0 aromatic heterocycles. The fourth-order valence-electron chi connectivity index (χ4n) is 2.25. The summed E-state index contributed by atoms with van der Waals surface area (Å²) in [6, 6.07) is 11.8. The Kier molecular flexibility index (Phi) is 4.25. The summed E-state index contributed by atoms with van der Waals surface area (Å²) < 4.78 is 18.6. The lowest BCUT2D eigenvalue weighted by Gasteiger charge is -2.25. The van der Waals surface area contributed by atoms with Gasteiger partial charge in [0.25, 0.3) is 0 Å². The van der Waals surface area contributed by atoms with Crippen LogP contribution in [0.15, 0.2) is 42.5 Å². The molecule has 2 aromatic carbocycles. The van der Waals surface area contributed by atoms with E-state index in [-0.39, 0.29) is 5.82 Å². The third-order valence-corrected chi connectivity index (χ3v) is 3.24. The topological polar surface area (TPSA) is 32.7 Å². The first-order valence-electron chi connectivity index (χ1n) is 6.39. The van der Waals surface area contributed by atoms with Crippen molar-refractivity contribution in [3.8, 4) is 5.75 Å². The third-order valence-electron chi connectivity index (χ3n) is 3.24. The minimum Gasteiger partial charge on any atom is -0.496 e. The van der Waals surface area contributed by atoms with E-state index in [1.165, 1.54) is 12.1 Å². The maximum Gasteiger partial charge on any atom is 0.126 e. The van der Waals surface area contributed by atoms with Crippen molar-refractivity contribution in [1.82, 2.24) is 0 Å². The lowest BCUT2D eigenvalue weighted by atomic mass is 10.1. The summed E-state index contributed by atoms with van der Waals surface area (Å²) in [6.45, 7) is 1.68. The van der Waals surface area contributed by atoms with E-state index in [1.54, 1.807) is 26.2 Å². The van der Waals surface area contributed by atoms with Crippen LogP contribution >= 0.6 is 0 Å². The normalized spacial score (nSPS) is 12.1. The van der Waals surface area contributed by atoms with Gasteiger partial charge in [-0.15, -0.1) is 0 Å². The summed E-state index contributed by atoms with van der Waals surface area (Å²) in [5, 5.41) is 9.99. The van der Waals surface area contributed by atoms with Crippen molar-refractivity contribution in [3.05, 3.63) is 53.8 Å².